The molecule has 0 aliphatic carbocycles. The molecule has 0 N–H and O–H groups in total. The first kappa shape index (κ1) is 11.6. The van der Waals surface area contributed by atoms with Crippen molar-refractivity contribution >= 4 is 17.8 Å². The van der Waals surface area contributed by atoms with Crippen molar-refractivity contribution in [1.29, 1.82) is 0 Å². The Kier molecular flexibility index (Phi) is 3.49. The monoisotopic (exact) mass is 226 g/mol. The maximum absolute atomic E-state index is 10.7. The topological polar surface area (TPSA) is 113 Å². The Morgan fingerprint density at radius 1 is 1.25 bits per heavy atom. The summed E-state index contributed by atoms with van der Waals surface area (Å²) in [6.45, 7) is -0.260. The number of hydrogen-bond acceptors (Lipinski definition) is 6. The number of nitrogens with zero attached hydrogens (tertiary/aromatic N) is 2. The fraction of sp³-hybridized carbons (Fsp3) is 0.125. The molecule has 0 heterocycles. The van der Waals surface area contributed by atoms with Gasteiger partial charge in [0.25, 0.3) is 6.47 Å². The molecule has 0 spiro atoms. The van der Waals surface area contributed by atoms with Crippen molar-refractivity contribution < 1.29 is 19.4 Å². The first-order valence-corrected chi connectivity index (χ1v) is 4.04. The van der Waals surface area contributed by atoms with Crippen molar-refractivity contribution in [3.8, 4) is 0 Å². The van der Waals surface area contributed by atoms with Gasteiger partial charge in [-0.15, -0.1) is 0 Å². The number of nitro benzene ring substituents is 2. The molecule has 0 aromatic heterocycles. The van der Waals surface area contributed by atoms with Gasteiger partial charge in [0.2, 0.25) is 0 Å². The smallest absolute Gasteiger partial charge is 0.352 e. The van der Waals surface area contributed by atoms with Gasteiger partial charge in [0.1, 0.15) is 6.61 Å². The lowest BCUT2D eigenvalue weighted by Crippen LogP contribution is -2.02. The summed E-state index contributed by atoms with van der Waals surface area (Å²) in [6, 6.07) is 3.59. The summed E-state index contributed by atoms with van der Waals surface area (Å²) < 4.78 is 4.34. The highest BCUT2D eigenvalue weighted by molar-refractivity contribution is 5.57. The third-order valence-electron chi connectivity index (χ3n) is 1.78. The fourth-order valence-corrected chi connectivity index (χ4v) is 1.18. The fourth-order valence-electron chi connectivity index (χ4n) is 1.18. The standard InChI is InChI=1S/C8H6N2O6/c11-5-16-4-6-2-1-3-7(9(12)13)8(6)10(14)15/h1-3,5H,4H2. The molecule has 1 aromatic rings. The van der Waals surface area contributed by atoms with E-state index < -0.39 is 21.2 Å². The van der Waals surface area contributed by atoms with Gasteiger partial charge in [-0.1, -0.05) is 6.07 Å². The maximum atomic E-state index is 10.7. The number of rotatable bonds is 5. The Labute approximate surface area is 88.7 Å². The van der Waals surface area contributed by atoms with Gasteiger partial charge in [0.05, 0.1) is 15.4 Å². The van der Waals surface area contributed by atoms with Crippen LogP contribution in [-0.4, -0.2) is 16.3 Å². The number of carbonyl (C=O) groups is 1. The van der Waals surface area contributed by atoms with E-state index in [-0.39, 0.29) is 18.6 Å². The molecule has 0 aliphatic heterocycles. The van der Waals surface area contributed by atoms with Crippen LogP contribution in [0.4, 0.5) is 11.4 Å². The molecule has 1 aromatic carbocycles. The van der Waals surface area contributed by atoms with Crippen LogP contribution >= 0.6 is 0 Å². The van der Waals surface area contributed by atoms with E-state index in [4.69, 9.17) is 0 Å². The Balaban J connectivity index is 3.26. The van der Waals surface area contributed by atoms with Gasteiger partial charge in [0, 0.05) is 6.07 Å². The van der Waals surface area contributed by atoms with Crippen molar-refractivity contribution in [3.05, 3.63) is 44.0 Å². The number of carbonyl (C=O) groups excluding carboxylic acids is 1. The summed E-state index contributed by atoms with van der Waals surface area (Å²) in [7, 11) is 0. The largest absolute Gasteiger partial charge is 0.463 e. The molecule has 84 valence electrons. The van der Waals surface area contributed by atoms with Gasteiger partial charge >= 0.3 is 11.4 Å². The molecule has 0 atom stereocenters. The van der Waals surface area contributed by atoms with Crippen LogP contribution in [0, 0.1) is 20.2 Å². The van der Waals surface area contributed by atoms with E-state index in [1.165, 1.54) is 12.1 Å². The van der Waals surface area contributed by atoms with Crippen LogP contribution in [0.5, 0.6) is 0 Å². The van der Waals surface area contributed by atoms with Crippen molar-refractivity contribution in [2.45, 2.75) is 6.61 Å². The third-order valence-corrected chi connectivity index (χ3v) is 1.78. The molecule has 0 bridgehead atoms. The van der Waals surface area contributed by atoms with Crippen LogP contribution in [0.2, 0.25) is 0 Å². The van der Waals surface area contributed by atoms with Crippen molar-refractivity contribution in [2.75, 3.05) is 0 Å². The van der Waals surface area contributed by atoms with Gasteiger partial charge in [-0.05, 0) is 6.07 Å². The van der Waals surface area contributed by atoms with Crippen molar-refractivity contribution in [3.63, 3.8) is 0 Å². The molecule has 0 amide bonds. The van der Waals surface area contributed by atoms with E-state index in [1.54, 1.807) is 0 Å². The van der Waals surface area contributed by atoms with E-state index in [2.05, 4.69) is 4.74 Å². The molecule has 0 unspecified atom stereocenters. The van der Waals surface area contributed by atoms with E-state index in [0.29, 0.717) is 0 Å². The van der Waals surface area contributed by atoms with Gasteiger partial charge in [0.15, 0.2) is 0 Å². The summed E-state index contributed by atoms with van der Waals surface area (Å²) in [5, 5.41) is 21.2. The Hall–Kier alpha value is -2.51. The molecule has 0 saturated heterocycles. The first-order valence-electron chi connectivity index (χ1n) is 4.04. The quantitative estimate of drug-likeness (QED) is 0.423. The Morgan fingerprint density at radius 2 is 1.94 bits per heavy atom. The summed E-state index contributed by atoms with van der Waals surface area (Å²) in [6.07, 6.45) is 0. The second-order valence-corrected chi connectivity index (χ2v) is 2.71. The Morgan fingerprint density at radius 3 is 2.44 bits per heavy atom. The molecule has 0 fully saturated rings. The lowest BCUT2D eigenvalue weighted by Gasteiger charge is -2.01. The van der Waals surface area contributed by atoms with Gasteiger partial charge in [-0.2, -0.15) is 0 Å². The van der Waals surface area contributed by atoms with Crippen molar-refractivity contribution in [1.82, 2.24) is 0 Å². The number of nitro groups is 2. The Bertz CT molecular complexity index is 444. The minimum atomic E-state index is -0.873. The summed E-state index contributed by atoms with van der Waals surface area (Å²) >= 11 is 0. The van der Waals surface area contributed by atoms with E-state index in [0.717, 1.165) is 6.07 Å². The van der Waals surface area contributed by atoms with Crippen LogP contribution in [-0.2, 0) is 16.1 Å². The molecular formula is C8H6N2O6. The summed E-state index contributed by atoms with van der Waals surface area (Å²) in [5.74, 6) is 0. The second kappa shape index (κ2) is 4.82. The molecule has 0 saturated carbocycles. The third kappa shape index (κ3) is 2.29. The average molecular weight is 226 g/mol. The molecule has 8 nitrogen and oxygen atoms in total. The molecule has 0 radical (unpaired) electrons. The molecule has 1 rings (SSSR count). The summed E-state index contributed by atoms with van der Waals surface area (Å²) in [4.78, 5) is 29.4. The lowest BCUT2D eigenvalue weighted by molar-refractivity contribution is -0.423. The van der Waals surface area contributed by atoms with Gasteiger partial charge in [-0.3, -0.25) is 25.0 Å². The SMILES string of the molecule is O=COCc1cccc([N+](=O)[O-])c1[N+](=O)[O-]. The number of para-hydroxylation sites is 1. The minimum Gasteiger partial charge on any atom is -0.463 e. The normalized spacial score (nSPS) is 9.50. The van der Waals surface area contributed by atoms with Crippen LogP contribution in [0.25, 0.3) is 0 Å². The highest BCUT2D eigenvalue weighted by Gasteiger charge is 2.27. The van der Waals surface area contributed by atoms with Crippen LogP contribution in [0.3, 0.4) is 0 Å². The van der Waals surface area contributed by atoms with Gasteiger partial charge < -0.3 is 4.74 Å². The van der Waals surface area contributed by atoms with E-state index in [9.17, 15) is 25.0 Å². The zero-order valence-electron chi connectivity index (χ0n) is 7.86. The predicted octanol–water partition coefficient (Wildman–Crippen LogP) is 1.18. The molecular weight excluding hydrogens is 220 g/mol. The number of ether oxygens (including phenoxy) is 1. The van der Waals surface area contributed by atoms with Crippen molar-refractivity contribution in [2.24, 2.45) is 0 Å². The number of benzene rings is 1. The summed E-state index contributed by atoms with van der Waals surface area (Å²) in [5.41, 5.74) is -1.31. The molecule has 16 heavy (non-hydrogen) atoms. The first-order chi connectivity index (χ1) is 7.57. The predicted molar refractivity (Wildman–Crippen MR) is 50.6 cm³/mol. The van der Waals surface area contributed by atoms with Crippen LogP contribution in [0.1, 0.15) is 5.56 Å². The molecule has 8 heteroatoms. The lowest BCUT2D eigenvalue weighted by atomic mass is 10.1. The number of hydrogen-bond donors (Lipinski definition) is 0. The second-order valence-electron chi connectivity index (χ2n) is 2.71. The molecule has 0 aliphatic rings. The van der Waals surface area contributed by atoms with Gasteiger partial charge in [-0.25, -0.2) is 0 Å². The minimum absolute atomic E-state index is 0.0219. The average Bonchev–Trinajstić information content (AvgIpc) is 2.25. The van der Waals surface area contributed by atoms with Crippen LogP contribution in [0.15, 0.2) is 18.2 Å². The zero-order valence-corrected chi connectivity index (χ0v) is 7.86. The maximum Gasteiger partial charge on any atom is 0.352 e. The highest BCUT2D eigenvalue weighted by Crippen LogP contribution is 2.30. The van der Waals surface area contributed by atoms with Crippen LogP contribution < -0.4 is 0 Å². The highest BCUT2D eigenvalue weighted by atomic mass is 16.6. The van der Waals surface area contributed by atoms with E-state index >= 15 is 0 Å². The zero-order chi connectivity index (χ0) is 12.1. The van der Waals surface area contributed by atoms with E-state index in [1.807, 2.05) is 0 Å².